The van der Waals surface area contributed by atoms with Crippen LogP contribution in [0.5, 0.6) is 0 Å². The van der Waals surface area contributed by atoms with Gasteiger partial charge in [0.05, 0.1) is 7.11 Å². The van der Waals surface area contributed by atoms with Gasteiger partial charge < -0.3 is 35.4 Å². The van der Waals surface area contributed by atoms with Gasteiger partial charge in [0, 0.05) is 13.5 Å². The van der Waals surface area contributed by atoms with Crippen LogP contribution >= 0.6 is 0 Å². The number of allylic oxidation sites excluding steroid dienone is 1. The molecule has 2 unspecified atom stereocenters. The summed E-state index contributed by atoms with van der Waals surface area (Å²) in [7, 11) is 2.32. The largest absolute Gasteiger partial charge is 0.467 e. The number of rotatable bonds is 8. The first kappa shape index (κ1) is 24.0. The summed E-state index contributed by atoms with van der Waals surface area (Å²) >= 11 is 0. The lowest BCUT2D eigenvalue weighted by Crippen LogP contribution is -2.54. The van der Waals surface area contributed by atoms with Gasteiger partial charge in [-0.2, -0.15) is 0 Å². The first-order valence-electron chi connectivity index (χ1n) is 8.86. The fraction of sp³-hybridized carbons (Fsp3) is 0.722. The highest BCUT2D eigenvalue weighted by Crippen LogP contribution is 2.17. The lowest BCUT2D eigenvalue weighted by atomic mass is 9.94. The van der Waals surface area contributed by atoms with Crippen LogP contribution in [0.3, 0.4) is 0 Å². The van der Waals surface area contributed by atoms with E-state index in [4.69, 9.17) is 4.74 Å². The van der Waals surface area contributed by atoms with Gasteiger partial charge in [0.2, 0.25) is 5.91 Å². The third-order valence-corrected chi connectivity index (χ3v) is 4.22. The van der Waals surface area contributed by atoms with E-state index in [0.717, 1.165) is 7.11 Å². The van der Waals surface area contributed by atoms with E-state index in [9.17, 15) is 29.7 Å². The average molecular weight is 402 g/mol. The van der Waals surface area contributed by atoms with Gasteiger partial charge in [-0.25, -0.2) is 4.79 Å². The van der Waals surface area contributed by atoms with Gasteiger partial charge in [-0.1, -0.05) is 32.9 Å². The van der Waals surface area contributed by atoms with Crippen molar-refractivity contribution >= 4 is 17.8 Å². The zero-order valence-corrected chi connectivity index (χ0v) is 16.7. The minimum absolute atomic E-state index is 0.0245. The Balaban J connectivity index is 2.75. The van der Waals surface area contributed by atoms with Crippen LogP contribution in [-0.2, 0) is 23.9 Å². The molecule has 2 amide bonds. The highest BCUT2D eigenvalue weighted by Gasteiger charge is 2.41. The minimum atomic E-state index is -1.76. The molecule has 160 valence electrons. The van der Waals surface area contributed by atoms with E-state index in [-0.39, 0.29) is 11.8 Å². The van der Waals surface area contributed by atoms with Crippen molar-refractivity contribution in [1.82, 2.24) is 10.6 Å². The molecule has 10 nitrogen and oxygen atoms in total. The fourth-order valence-corrected chi connectivity index (χ4v) is 2.63. The third-order valence-electron chi connectivity index (χ3n) is 4.22. The maximum absolute atomic E-state index is 12.4. The molecule has 1 aliphatic rings. The predicted molar refractivity (Wildman–Crippen MR) is 97.9 cm³/mol. The maximum atomic E-state index is 12.4. The molecule has 28 heavy (non-hydrogen) atoms. The normalized spacial score (nSPS) is 24.4. The van der Waals surface area contributed by atoms with Gasteiger partial charge in [-0.15, -0.1) is 0 Å². The van der Waals surface area contributed by atoms with Crippen LogP contribution in [0, 0.1) is 5.41 Å². The Morgan fingerprint density at radius 1 is 1.21 bits per heavy atom. The number of aliphatic hydroxyl groups excluding tert-OH is 3. The number of esters is 1. The second-order valence-corrected chi connectivity index (χ2v) is 7.73. The molecule has 0 aromatic carbocycles. The number of carbonyl (C=O) groups is 3. The van der Waals surface area contributed by atoms with E-state index in [1.807, 2.05) is 20.8 Å². The topological polar surface area (TPSA) is 154 Å². The summed E-state index contributed by atoms with van der Waals surface area (Å²) in [6.07, 6.45) is -3.48. The zero-order valence-electron chi connectivity index (χ0n) is 16.7. The monoisotopic (exact) mass is 402 g/mol. The smallest absolute Gasteiger partial charge is 0.328 e. The molecule has 1 aliphatic heterocycles. The van der Waals surface area contributed by atoms with Crippen LogP contribution in [-0.4, -0.2) is 83.8 Å². The molecular weight excluding hydrogens is 372 g/mol. The van der Waals surface area contributed by atoms with E-state index in [0.29, 0.717) is 0 Å². The van der Waals surface area contributed by atoms with Gasteiger partial charge >= 0.3 is 5.97 Å². The van der Waals surface area contributed by atoms with Crippen molar-refractivity contribution in [1.29, 1.82) is 0 Å². The third kappa shape index (κ3) is 6.55. The molecule has 0 aromatic heterocycles. The highest BCUT2D eigenvalue weighted by atomic mass is 16.5. The van der Waals surface area contributed by atoms with Crippen molar-refractivity contribution in [2.24, 2.45) is 5.41 Å². The van der Waals surface area contributed by atoms with E-state index in [1.165, 1.54) is 13.2 Å². The number of hydrogen-bond acceptors (Lipinski definition) is 8. The highest BCUT2D eigenvalue weighted by molar-refractivity contribution is 5.95. The lowest BCUT2D eigenvalue weighted by molar-refractivity contribution is -0.150. The Hall–Kier alpha value is -2.01. The molecule has 5 N–H and O–H groups in total. The van der Waals surface area contributed by atoms with Crippen LogP contribution in [0.15, 0.2) is 12.2 Å². The molecule has 0 radical (unpaired) electrons. The van der Waals surface area contributed by atoms with Gasteiger partial charge in [0.15, 0.2) is 6.10 Å². The molecule has 1 fully saturated rings. The number of nitrogens with one attached hydrogen (secondary N) is 2. The van der Waals surface area contributed by atoms with E-state index < -0.39 is 54.3 Å². The van der Waals surface area contributed by atoms with Gasteiger partial charge in [-0.3, -0.25) is 9.59 Å². The van der Waals surface area contributed by atoms with Crippen molar-refractivity contribution < 1.29 is 39.2 Å². The number of carbonyl (C=O) groups excluding carboxylic acids is 3. The molecular formula is C18H30N2O8. The van der Waals surface area contributed by atoms with Crippen molar-refractivity contribution in [2.75, 3.05) is 14.2 Å². The number of hydrogen-bond donors (Lipinski definition) is 5. The summed E-state index contributed by atoms with van der Waals surface area (Å²) in [6.45, 7) is 5.66. The Morgan fingerprint density at radius 2 is 1.82 bits per heavy atom. The van der Waals surface area contributed by atoms with Crippen LogP contribution < -0.4 is 10.6 Å². The summed E-state index contributed by atoms with van der Waals surface area (Å²) < 4.78 is 9.50. The first-order valence-corrected chi connectivity index (χ1v) is 8.86. The molecule has 1 rings (SSSR count). The number of methoxy groups -OCH3 is 2. The molecule has 0 bridgehead atoms. The number of aliphatic hydroxyl groups is 3. The fourth-order valence-electron chi connectivity index (χ4n) is 2.63. The Morgan fingerprint density at radius 3 is 2.32 bits per heavy atom. The predicted octanol–water partition coefficient (Wildman–Crippen LogP) is -1.77. The molecule has 0 aromatic rings. The summed E-state index contributed by atoms with van der Waals surface area (Å²) in [6, 6.07) is -1.91. The van der Waals surface area contributed by atoms with E-state index >= 15 is 0 Å². The summed E-state index contributed by atoms with van der Waals surface area (Å²) in [4.78, 5) is 35.8. The van der Waals surface area contributed by atoms with Crippen LogP contribution in [0.2, 0.25) is 0 Å². The van der Waals surface area contributed by atoms with Crippen molar-refractivity contribution in [2.45, 2.75) is 63.7 Å². The van der Waals surface area contributed by atoms with E-state index in [2.05, 4.69) is 15.4 Å². The second kappa shape index (κ2) is 9.97. The SMILES string of the molecule is COC(=O)C1CC(NC(=O)[C@H](OC)[C@H](O)[C@@H](O)[C@H](O)C=CC(C)(C)C)C(=O)N1. The van der Waals surface area contributed by atoms with E-state index in [1.54, 1.807) is 6.08 Å². The molecule has 1 saturated heterocycles. The lowest BCUT2D eigenvalue weighted by Gasteiger charge is -2.27. The molecule has 6 atom stereocenters. The Labute approximate surface area is 163 Å². The summed E-state index contributed by atoms with van der Waals surface area (Å²) in [5.74, 6) is -2.09. The molecule has 0 aliphatic carbocycles. The van der Waals surface area contributed by atoms with Crippen molar-refractivity contribution in [3.8, 4) is 0 Å². The first-order chi connectivity index (χ1) is 12.9. The van der Waals surface area contributed by atoms with Gasteiger partial charge in [0.25, 0.3) is 5.91 Å². The van der Waals surface area contributed by atoms with Crippen LogP contribution in [0.1, 0.15) is 27.2 Å². The zero-order chi connectivity index (χ0) is 21.6. The molecule has 10 heteroatoms. The Kier molecular flexibility index (Phi) is 8.55. The number of amides is 2. The van der Waals surface area contributed by atoms with Crippen LogP contribution in [0.25, 0.3) is 0 Å². The standard InChI is InChI=1S/C18H30N2O8/c1-18(2,3)7-6-11(21)12(22)13(23)14(27-4)16(25)19-9-8-10(17(26)28-5)20-15(9)24/h6-7,9-14,21-23H,8H2,1-5H3,(H,19,25)(H,20,24)/t9?,10?,11-,12+,13-,14-/m1/s1. The molecule has 1 heterocycles. The van der Waals surface area contributed by atoms with Gasteiger partial charge in [0.1, 0.15) is 30.4 Å². The minimum Gasteiger partial charge on any atom is -0.467 e. The number of ether oxygens (including phenoxy) is 2. The summed E-state index contributed by atoms with van der Waals surface area (Å²) in [5, 5.41) is 35.2. The quantitative estimate of drug-likeness (QED) is 0.236. The van der Waals surface area contributed by atoms with Crippen molar-refractivity contribution in [3.05, 3.63) is 12.2 Å². The Bertz CT molecular complexity index is 601. The second-order valence-electron chi connectivity index (χ2n) is 7.73. The van der Waals surface area contributed by atoms with Crippen LogP contribution in [0.4, 0.5) is 0 Å². The molecule has 0 spiro atoms. The summed E-state index contributed by atoms with van der Waals surface area (Å²) in [5.41, 5.74) is -0.254. The van der Waals surface area contributed by atoms with Crippen molar-refractivity contribution in [3.63, 3.8) is 0 Å². The van der Waals surface area contributed by atoms with Gasteiger partial charge in [-0.05, 0) is 5.41 Å². The average Bonchev–Trinajstić information content (AvgIpc) is 2.98. The maximum Gasteiger partial charge on any atom is 0.328 e. The molecule has 0 saturated carbocycles.